The van der Waals surface area contributed by atoms with Gasteiger partial charge in [0.2, 0.25) is 0 Å². The summed E-state index contributed by atoms with van der Waals surface area (Å²) in [5, 5.41) is 2.90. The molecular formula is C13H19N3O. The van der Waals surface area contributed by atoms with Crippen molar-refractivity contribution in [1.82, 2.24) is 9.88 Å². The monoisotopic (exact) mass is 233 g/mol. The summed E-state index contributed by atoms with van der Waals surface area (Å²) in [6, 6.07) is 2.23. The number of rotatable bonds is 5. The Morgan fingerprint density at radius 2 is 2.41 bits per heavy atom. The molecule has 1 aliphatic carbocycles. The van der Waals surface area contributed by atoms with Crippen LogP contribution in [-0.2, 0) is 0 Å². The maximum absolute atomic E-state index is 12.0. The summed E-state index contributed by atoms with van der Waals surface area (Å²) in [4.78, 5) is 12.0. The zero-order valence-electron chi connectivity index (χ0n) is 10.1. The minimum atomic E-state index is -0.0295. The first-order valence-electron chi connectivity index (χ1n) is 6.09. The van der Waals surface area contributed by atoms with Gasteiger partial charge in [0.05, 0.1) is 5.69 Å². The highest BCUT2D eigenvalue weighted by molar-refractivity contribution is 5.93. The summed E-state index contributed by atoms with van der Waals surface area (Å²) in [7, 11) is 0. The molecule has 17 heavy (non-hydrogen) atoms. The molecule has 4 heteroatoms. The Morgan fingerprint density at radius 3 is 3.06 bits per heavy atom. The Morgan fingerprint density at radius 1 is 1.65 bits per heavy atom. The van der Waals surface area contributed by atoms with Gasteiger partial charge in [-0.15, -0.1) is 0 Å². The van der Waals surface area contributed by atoms with Gasteiger partial charge in [0, 0.05) is 18.8 Å². The SMILES string of the molecule is C/C=C/CCNC(=O)c1cc(N)cn1C1CC1. The van der Waals surface area contributed by atoms with Crippen LogP contribution < -0.4 is 11.1 Å². The van der Waals surface area contributed by atoms with E-state index in [1.165, 1.54) is 0 Å². The number of nitrogens with zero attached hydrogens (tertiary/aromatic N) is 1. The third kappa shape index (κ3) is 2.90. The van der Waals surface area contributed by atoms with Crippen LogP contribution in [0.1, 0.15) is 42.7 Å². The van der Waals surface area contributed by atoms with Crippen molar-refractivity contribution in [1.29, 1.82) is 0 Å². The molecule has 0 aliphatic heterocycles. The van der Waals surface area contributed by atoms with E-state index in [0.29, 0.717) is 24.0 Å². The normalized spacial score (nSPS) is 15.4. The fraction of sp³-hybridized carbons (Fsp3) is 0.462. The number of hydrogen-bond acceptors (Lipinski definition) is 2. The number of anilines is 1. The van der Waals surface area contributed by atoms with E-state index in [1.807, 2.05) is 29.8 Å². The average Bonchev–Trinajstić information content (AvgIpc) is 3.08. The molecule has 0 bridgehead atoms. The van der Waals surface area contributed by atoms with Crippen LogP contribution in [0, 0.1) is 0 Å². The smallest absolute Gasteiger partial charge is 0.268 e. The van der Waals surface area contributed by atoms with Crippen LogP contribution in [0.15, 0.2) is 24.4 Å². The number of amides is 1. The van der Waals surface area contributed by atoms with Crippen LogP contribution in [0.5, 0.6) is 0 Å². The first-order chi connectivity index (χ1) is 8.22. The van der Waals surface area contributed by atoms with Crippen molar-refractivity contribution in [2.75, 3.05) is 12.3 Å². The van der Waals surface area contributed by atoms with Crippen molar-refractivity contribution in [2.45, 2.75) is 32.2 Å². The minimum Gasteiger partial charge on any atom is -0.397 e. The molecule has 1 aromatic heterocycles. The Balaban J connectivity index is 1.98. The molecule has 1 aliphatic rings. The van der Waals surface area contributed by atoms with Gasteiger partial charge in [0.15, 0.2) is 0 Å². The highest BCUT2D eigenvalue weighted by Crippen LogP contribution is 2.37. The van der Waals surface area contributed by atoms with Crippen LogP contribution in [-0.4, -0.2) is 17.0 Å². The molecule has 1 fully saturated rings. The number of allylic oxidation sites excluding steroid dienone is 1. The number of nitrogens with one attached hydrogen (secondary N) is 1. The maximum Gasteiger partial charge on any atom is 0.268 e. The predicted octanol–water partition coefficient (Wildman–Crippen LogP) is 2.10. The number of nitrogen functional groups attached to an aromatic ring is 1. The molecular weight excluding hydrogens is 214 g/mol. The second-order valence-electron chi connectivity index (χ2n) is 4.41. The van der Waals surface area contributed by atoms with Gasteiger partial charge in [-0.3, -0.25) is 4.79 Å². The topological polar surface area (TPSA) is 60.1 Å². The number of carbonyl (C=O) groups excluding carboxylic acids is 1. The first kappa shape index (κ1) is 11.8. The maximum atomic E-state index is 12.0. The molecule has 1 heterocycles. The predicted molar refractivity (Wildman–Crippen MR) is 68.9 cm³/mol. The Hall–Kier alpha value is -1.71. The van der Waals surface area contributed by atoms with Gasteiger partial charge in [-0.25, -0.2) is 0 Å². The molecule has 1 amide bonds. The lowest BCUT2D eigenvalue weighted by Crippen LogP contribution is -2.26. The Bertz CT molecular complexity index is 430. The van der Waals surface area contributed by atoms with E-state index in [1.54, 1.807) is 6.07 Å². The third-order valence-electron chi connectivity index (χ3n) is 2.87. The molecule has 4 nitrogen and oxygen atoms in total. The molecule has 92 valence electrons. The van der Waals surface area contributed by atoms with Crippen LogP contribution >= 0.6 is 0 Å². The number of carbonyl (C=O) groups is 1. The minimum absolute atomic E-state index is 0.0295. The molecule has 1 saturated carbocycles. The molecule has 0 atom stereocenters. The van der Waals surface area contributed by atoms with Gasteiger partial charge in [0.25, 0.3) is 5.91 Å². The molecule has 0 unspecified atom stereocenters. The van der Waals surface area contributed by atoms with Crippen molar-refractivity contribution < 1.29 is 4.79 Å². The summed E-state index contributed by atoms with van der Waals surface area (Å²) >= 11 is 0. The third-order valence-corrected chi connectivity index (χ3v) is 2.87. The van der Waals surface area contributed by atoms with Gasteiger partial charge in [0.1, 0.15) is 5.69 Å². The van der Waals surface area contributed by atoms with Crippen molar-refractivity contribution in [3.63, 3.8) is 0 Å². The van der Waals surface area contributed by atoms with Crippen LogP contribution in [0.2, 0.25) is 0 Å². The largest absolute Gasteiger partial charge is 0.397 e. The number of aromatic nitrogens is 1. The van der Waals surface area contributed by atoms with Crippen LogP contribution in [0.25, 0.3) is 0 Å². The van der Waals surface area contributed by atoms with Gasteiger partial charge in [-0.1, -0.05) is 12.2 Å². The average molecular weight is 233 g/mol. The summed E-state index contributed by atoms with van der Waals surface area (Å²) in [6.45, 7) is 2.64. The second kappa shape index (κ2) is 5.08. The Labute approximate surface area is 101 Å². The molecule has 1 aromatic rings. The van der Waals surface area contributed by atoms with Gasteiger partial charge >= 0.3 is 0 Å². The van der Waals surface area contributed by atoms with E-state index in [2.05, 4.69) is 5.32 Å². The molecule has 0 spiro atoms. The fourth-order valence-electron chi connectivity index (χ4n) is 1.86. The van der Waals surface area contributed by atoms with Gasteiger partial charge in [-0.2, -0.15) is 0 Å². The lowest BCUT2D eigenvalue weighted by atomic mass is 10.3. The summed E-state index contributed by atoms with van der Waals surface area (Å²) in [5.41, 5.74) is 7.10. The molecule has 0 aromatic carbocycles. The van der Waals surface area contributed by atoms with E-state index in [0.717, 1.165) is 19.3 Å². The van der Waals surface area contributed by atoms with Gasteiger partial charge in [-0.05, 0) is 32.3 Å². The summed E-state index contributed by atoms with van der Waals surface area (Å²) < 4.78 is 2.00. The highest BCUT2D eigenvalue weighted by Gasteiger charge is 2.27. The van der Waals surface area contributed by atoms with Crippen LogP contribution in [0.3, 0.4) is 0 Å². The first-order valence-corrected chi connectivity index (χ1v) is 6.09. The van der Waals surface area contributed by atoms with E-state index >= 15 is 0 Å². The van der Waals surface area contributed by atoms with Gasteiger partial charge < -0.3 is 15.6 Å². The lowest BCUT2D eigenvalue weighted by Gasteiger charge is -2.07. The van der Waals surface area contributed by atoms with Crippen LogP contribution in [0.4, 0.5) is 5.69 Å². The number of nitrogens with two attached hydrogens (primary N) is 1. The van der Waals surface area contributed by atoms with Crippen molar-refractivity contribution in [2.24, 2.45) is 0 Å². The molecule has 3 N–H and O–H groups in total. The van der Waals surface area contributed by atoms with Crippen molar-refractivity contribution in [3.05, 3.63) is 30.1 Å². The Kier molecular flexibility index (Phi) is 3.52. The standard InChI is InChI=1S/C13H19N3O/c1-2-3-4-7-15-13(17)12-8-10(14)9-16(12)11-5-6-11/h2-3,8-9,11H,4-7,14H2,1H3,(H,15,17)/b3-2+. The van der Waals surface area contributed by atoms with Crippen molar-refractivity contribution in [3.8, 4) is 0 Å². The summed E-state index contributed by atoms with van der Waals surface area (Å²) in [5.74, 6) is -0.0295. The zero-order chi connectivity index (χ0) is 12.3. The molecule has 0 saturated heterocycles. The molecule has 2 rings (SSSR count). The quantitative estimate of drug-likeness (QED) is 0.604. The fourth-order valence-corrected chi connectivity index (χ4v) is 1.86. The van der Waals surface area contributed by atoms with E-state index < -0.39 is 0 Å². The number of hydrogen-bond donors (Lipinski definition) is 2. The second-order valence-corrected chi connectivity index (χ2v) is 4.41. The van der Waals surface area contributed by atoms with E-state index in [9.17, 15) is 4.79 Å². The molecule has 0 radical (unpaired) electrons. The zero-order valence-corrected chi connectivity index (χ0v) is 10.1. The lowest BCUT2D eigenvalue weighted by molar-refractivity contribution is 0.0945. The van der Waals surface area contributed by atoms with Crippen molar-refractivity contribution >= 4 is 11.6 Å². The highest BCUT2D eigenvalue weighted by atomic mass is 16.1. The van der Waals surface area contributed by atoms with E-state index in [-0.39, 0.29) is 5.91 Å². The van der Waals surface area contributed by atoms with E-state index in [4.69, 9.17) is 5.73 Å². The summed E-state index contributed by atoms with van der Waals surface area (Å²) in [6.07, 6.45) is 9.03.